The van der Waals surface area contributed by atoms with E-state index in [1.54, 1.807) is 14.2 Å². The molecule has 1 atom stereocenters. The molecule has 1 heterocycles. The Morgan fingerprint density at radius 2 is 1.72 bits per heavy atom. The zero-order valence-corrected chi connectivity index (χ0v) is 17.4. The highest BCUT2D eigenvalue weighted by atomic mass is 79.9. The van der Waals surface area contributed by atoms with Crippen molar-refractivity contribution in [3.05, 3.63) is 58.1 Å². The number of fused-ring (bicyclic) bond motifs is 1. The SMILES string of the molecule is Br.COc1cc2c(cc1OC)C(CCc1ccc(Cl)cc1)N(C)CC2. The second-order valence-corrected chi connectivity index (χ2v) is 6.75. The van der Waals surface area contributed by atoms with Gasteiger partial charge in [0, 0.05) is 17.6 Å². The minimum atomic E-state index is 0. The number of nitrogens with zero attached hydrogens (tertiary/aromatic N) is 1. The molecule has 2 aromatic carbocycles. The van der Waals surface area contributed by atoms with Crippen molar-refractivity contribution in [3.8, 4) is 11.5 Å². The van der Waals surface area contributed by atoms with Crippen molar-refractivity contribution in [1.82, 2.24) is 4.90 Å². The van der Waals surface area contributed by atoms with Crippen LogP contribution >= 0.6 is 28.6 Å². The summed E-state index contributed by atoms with van der Waals surface area (Å²) in [5.74, 6) is 1.63. The smallest absolute Gasteiger partial charge is 0.161 e. The number of rotatable bonds is 5. The van der Waals surface area contributed by atoms with Crippen LogP contribution in [-0.4, -0.2) is 32.7 Å². The Hall–Kier alpha value is -1.23. The highest BCUT2D eigenvalue weighted by Crippen LogP contribution is 2.39. The number of halogens is 2. The maximum atomic E-state index is 5.98. The lowest BCUT2D eigenvalue weighted by Crippen LogP contribution is -2.32. The largest absolute Gasteiger partial charge is 0.493 e. The Kier molecular flexibility index (Phi) is 7.17. The first-order chi connectivity index (χ1) is 11.6. The molecule has 3 rings (SSSR count). The summed E-state index contributed by atoms with van der Waals surface area (Å²) in [4.78, 5) is 2.43. The van der Waals surface area contributed by atoms with Gasteiger partial charge < -0.3 is 9.47 Å². The van der Waals surface area contributed by atoms with Crippen LogP contribution in [0, 0.1) is 0 Å². The van der Waals surface area contributed by atoms with Gasteiger partial charge in [-0.2, -0.15) is 0 Å². The number of benzene rings is 2. The fourth-order valence-corrected chi connectivity index (χ4v) is 3.61. The van der Waals surface area contributed by atoms with Crippen molar-refractivity contribution in [2.45, 2.75) is 25.3 Å². The Bertz CT molecular complexity index is 706. The summed E-state index contributed by atoms with van der Waals surface area (Å²) < 4.78 is 11.0. The maximum absolute atomic E-state index is 5.98. The number of aryl methyl sites for hydroxylation is 1. The standard InChI is InChI=1S/C20H24ClNO2.BrH/c1-22-11-10-15-12-19(23-2)20(24-3)13-17(15)18(22)9-6-14-4-7-16(21)8-5-14;/h4-5,7-8,12-13,18H,6,9-11H2,1-3H3;1H. The molecule has 1 unspecified atom stereocenters. The average Bonchev–Trinajstić information content (AvgIpc) is 2.61. The topological polar surface area (TPSA) is 21.7 Å². The molecule has 0 amide bonds. The summed E-state index contributed by atoms with van der Waals surface area (Å²) in [5, 5.41) is 0.788. The molecule has 0 spiro atoms. The molecule has 1 aliphatic rings. The Balaban J connectivity index is 0.00000225. The van der Waals surface area contributed by atoms with Gasteiger partial charge in [-0.3, -0.25) is 4.90 Å². The number of methoxy groups -OCH3 is 2. The van der Waals surface area contributed by atoms with Crippen LogP contribution in [0.4, 0.5) is 0 Å². The Morgan fingerprint density at radius 3 is 2.36 bits per heavy atom. The number of likely N-dealkylation sites (N-methyl/N-ethyl adjacent to an activating group) is 1. The molecule has 3 nitrogen and oxygen atoms in total. The fraction of sp³-hybridized carbons (Fsp3) is 0.400. The molecule has 2 aromatic rings. The van der Waals surface area contributed by atoms with E-state index in [1.165, 1.54) is 16.7 Å². The van der Waals surface area contributed by atoms with Gasteiger partial charge in [-0.05, 0) is 67.3 Å². The van der Waals surface area contributed by atoms with Gasteiger partial charge in [0.05, 0.1) is 14.2 Å². The molecule has 5 heteroatoms. The van der Waals surface area contributed by atoms with Gasteiger partial charge >= 0.3 is 0 Å². The van der Waals surface area contributed by atoms with Gasteiger partial charge in [-0.15, -0.1) is 17.0 Å². The summed E-state index contributed by atoms with van der Waals surface area (Å²) in [6.07, 6.45) is 3.14. The number of hydrogen-bond donors (Lipinski definition) is 0. The normalized spacial score (nSPS) is 16.7. The lowest BCUT2D eigenvalue weighted by atomic mass is 9.89. The monoisotopic (exact) mass is 425 g/mol. The first kappa shape index (κ1) is 20.1. The van der Waals surface area contributed by atoms with Crippen LogP contribution in [0.1, 0.15) is 29.2 Å². The van der Waals surface area contributed by atoms with Crippen LogP contribution in [0.25, 0.3) is 0 Å². The second kappa shape index (κ2) is 8.93. The van der Waals surface area contributed by atoms with Crippen molar-refractivity contribution in [1.29, 1.82) is 0 Å². The quantitative estimate of drug-likeness (QED) is 0.664. The molecular formula is C20H25BrClNO2. The van der Waals surface area contributed by atoms with Gasteiger partial charge in [0.1, 0.15) is 0 Å². The third kappa shape index (κ3) is 4.49. The van der Waals surface area contributed by atoms with Crippen molar-refractivity contribution in [3.63, 3.8) is 0 Å². The molecule has 0 bridgehead atoms. The van der Waals surface area contributed by atoms with Gasteiger partial charge in [-0.25, -0.2) is 0 Å². The summed E-state index contributed by atoms with van der Waals surface area (Å²) >= 11 is 5.98. The van der Waals surface area contributed by atoms with E-state index in [9.17, 15) is 0 Å². The van der Waals surface area contributed by atoms with Crippen molar-refractivity contribution < 1.29 is 9.47 Å². The zero-order chi connectivity index (χ0) is 17.1. The van der Waals surface area contributed by atoms with Crippen LogP contribution in [0.2, 0.25) is 5.02 Å². The molecule has 0 saturated heterocycles. The van der Waals surface area contributed by atoms with E-state index < -0.39 is 0 Å². The molecule has 0 N–H and O–H groups in total. The summed E-state index contributed by atoms with van der Waals surface area (Å²) in [6, 6.07) is 12.8. The molecule has 0 aromatic heterocycles. The molecule has 0 aliphatic carbocycles. The van der Waals surface area contributed by atoms with Crippen molar-refractivity contribution in [2.75, 3.05) is 27.8 Å². The van der Waals surface area contributed by atoms with Crippen LogP contribution < -0.4 is 9.47 Å². The third-order valence-electron chi connectivity index (χ3n) is 4.89. The molecule has 1 aliphatic heterocycles. The van der Waals surface area contributed by atoms with E-state index in [0.29, 0.717) is 6.04 Å². The average molecular weight is 427 g/mol. The van der Waals surface area contributed by atoms with Gasteiger partial charge in [0.15, 0.2) is 11.5 Å². The van der Waals surface area contributed by atoms with Gasteiger partial charge in [0.25, 0.3) is 0 Å². The predicted octanol–water partition coefficient (Wildman–Crippen LogP) is 5.10. The highest BCUT2D eigenvalue weighted by molar-refractivity contribution is 8.93. The van der Waals surface area contributed by atoms with Crippen LogP contribution in [0.15, 0.2) is 36.4 Å². The lowest BCUT2D eigenvalue weighted by Gasteiger charge is -2.35. The zero-order valence-electron chi connectivity index (χ0n) is 14.9. The first-order valence-electron chi connectivity index (χ1n) is 8.32. The fourth-order valence-electron chi connectivity index (χ4n) is 3.48. The molecule has 136 valence electrons. The minimum absolute atomic E-state index is 0. The Morgan fingerprint density at radius 1 is 1.08 bits per heavy atom. The summed E-state index contributed by atoms with van der Waals surface area (Å²) in [5.41, 5.74) is 4.04. The third-order valence-corrected chi connectivity index (χ3v) is 5.14. The molecule has 25 heavy (non-hydrogen) atoms. The summed E-state index contributed by atoms with van der Waals surface area (Å²) in [6.45, 7) is 1.06. The van der Waals surface area contributed by atoms with E-state index in [4.69, 9.17) is 21.1 Å². The van der Waals surface area contributed by atoms with E-state index >= 15 is 0 Å². The molecule has 0 saturated carbocycles. The summed E-state index contributed by atoms with van der Waals surface area (Å²) in [7, 11) is 5.59. The van der Waals surface area contributed by atoms with E-state index in [0.717, 1.165) is 42.3 Å². The number of ether oxygens (including phenoxy) is 2. The van der Waals surface area contributed by atoms with Gasteiger partial charge in [0.2, 0.25) is 0 Å². The lowest BCUT2D eigenvalue weighted by molar-refractivity contribution is 0.218. The first-order valence-corrected chi connectivity index (χ1v) is 8.69. The minimum Gasteiger partial charge on any atom is -0.493 e. The van der Waals surface area contributed by atoms with E-state index in [-0.39, 0.29) is 17.0 Å². The molecular weight excluding hydrogens is 402 g/mol. The highest BCUT2D eigenvalue weighted by Gasteiger charge is 2.26. The molecule has 0 radical (unpaired) electrons. The maximum Gasteiger partial charge on any atom is 0.161 e. The second-order valence-electron chi connectivity index (χ2n) is 6.32. The van der Waals surface area contributed by atoms with E-state index in [1.807, 2.05) is 12.1 Å². The van der Waals surface area contributed by atoms with Crippen LogP contribution in [0.3, 0.4) is 0 Å². The molecule has 0 fully saturated rings. The van der Waals surface area contributed by atoms with Crippen molar-refractivity contribution >= 4 is 28.6 Å². The van der Waals surface area contributed by atoms with Crippen LogP contribution in [0.5, 0.6) is 11.5 Å². The van der Waals surface area contributed by atoms with Crippen molar-refractivity contribution in [2.24, 2.45) is 0 Å². The van der Waals surface area contributed by atoms with Crippen LogP contribution in [-0.2, 0) is 12.8 Å². The number of hydrogen-bond acceptors (Lipinski definition) is 3. The Labute approximate surface area is 165 Å². The van der Waals surface area contributed by atoms with E-state index in [2.05, 4.69) is 36.2 Å². The van der Waals surface area contributed by atoms with Gasteiger partial charge in [-0.1, -0.05) is 23.7 Å². The predicted molar refractivity (Wildman–Crippen MR) is 109 cm³/mol.